The van der Waals surface area contributed by atoms with Gasteiger partial charge in [-0.05, 0) is 57.3 Å². The van der Waals surface area contributed by atoms with E-state index in [1.54, 1.807) is 0 Å². The molecular formula is C23H23BrIrN-. The third kappa shape index (κ3) is 3.30. The molecule has 0 unspecified atom stereocenters. The average molecular weight is 586 g/mol. The van der Waals surface area contributed by atoms with Crippen LogP contribution in [0.25, 0.3) is 22.0 Å². The van der Waals surface area contributed by atoms with Crippen molar-refractivity contribution in [2.24, 2.45) is 0 Å². The van der Waals surface area contributed by atoms with Gasteiger partial charge in [-0.1, -0.05) is 60.2 Å². The Morgan fingerprint density at radius 3 is 2.27 bits per heavy atom. The number of aromatic nitrogens is 1. The molecule has 2 aromatic carbocycles. The van der Waals surface area contributed by atoms with Crippen molar-refractivity contribution >= 4 is 26.7 Å². The first-order chi connectivity index (χ1) is 11.8. The minimum absolute atomic E-state index is 0. The number of pyridine rings is 1. The van der Waals surface area contributed by atoms with Gasteiger partial charge in [0.15, 0.2) is 0 Å². The fraction of sp³-hybridized carbons (Fsp3) is 0.348. The zero-order valence-electron chi connectivity index (χ0n) is 15.6. The smallest absolute Gasteiger partial charge is 0.0167 e. The number of hydrogen-bond donors (Lipinski definition) is 0. The fourth-order valence-corrected chi connectivity index (χ4v) is 4.39. The average Bonchev–Trinajstić information content (AvgIpc) is 2.57. The third-order valence-corrected chi connectivity index (χ3v) is 6.25. The van der Waals surface area contributed by atoms with E-state index in [2.05, 4.69) is 74.0 Å². The van der Waals surface area contributed by atoms with Crippen LogP contribution in [0.1, 0.15) is 51.7 Å². The first-order valence-corrected chi connectivity index (χ1v) is 9.69. The molecular weight excluding hydrogens is 562 g/mol. The molecule has 26 heavy (non-hydrogen) atoms. The van der Waals surface area contributed by atoms with Gasteiger partial charge in [-0.2, -0.15) is 0 Å². The molecule has 0 N–H and O–H groups in total. The van der Waals surface area contributed by atoms with Gasteiger partial charge in [0.2, 0.25) is 0 Å². The van der Waals surface area contributed by atoms with E-state index >= 15 is 0 Å². The van der Waals surface area contributed by atoms with E-state index in [1.165, 1.54) is 34.7 Å². The summed E-state index contributed by atoms with van der Waals surface area (Å²) in [5, 5.41) is 2.49. The van der Waals surface area contributed by atoms with E-state index in [9.17, 15) is 0 Å². The molecule has 1 heterocycles. The molecule has 3 aromatic rings. The van der Waals surface area contributed by atoms with Crippen LogP contribution in [-0.2, 0) is 30.9 Å². The van der Waals surface area contributed by atoms with Gasteiger partial charge in [-0.25, -0.2) is 0 Å². The van der Waals surface area contributed by atoms with Gasteiger partial charge in [0.25, 0.3) is 0 Å². The van der Waals surface area contributed by atoms with Crippen molar-refractivity contribution in [1.82, 2.24) is 4.98 Å². The number of nitrogens with zero attached hydrogens (tertiary/aromatic N) is 1. The molecule has 3 heteroatoms. The SMILES string of the molecule is CC1(C)CCC(C)(C)c2cc3c(-c4[c-]ccc(Br)c4)nccc3cc21.[Ir]. The fourth-order valence-electron chi connectivity index (χ4n) is 4.03. The Balaban J connectivity index is 0.00000196. The zero-order valence-corrected chi connectivity index (χ0v) is 19.6. The van der Waals surface area contributed by atoms with Gasteiger partial charge in [-0.15, -0.1) is 29.8 Å². The van der Waals surface area contributed by atoms with Crippen molar-refractivity contribution in [3.05, 3.63) is 64.3 Å². The van der Waals surface area contributed by atoms with Crippen molar-refractivity contribution in [2.75, 3.05) is 0 Å². The second kappa shape index (κ2) is 6.85. The molecule has 1 nitrogen and oxygen atoms in total. The number of fused-ring (bicyclic) bond motifs is 2. The Hall–Kier alpha value is -1.02. The van der Waals surface area contributed by atoms with Crippen molar-refractivity contribution in [1.29, 1.82) is 0 Å². The van der Waals surface area contributed by atoms with E-state index in [4.69, 9.17) is 4.98 Å². The van der Waals surface area contributed by atoms with E-state index in [-0.39, 0.29) is 30.9 Å². The van der Waals surface area contributed by atoms with Gasteiger partial charge in [-0.3, -0.25) is 0 Å². The Kier molecular flexibility index (Phi) is 5.20. The second-order valence-electron chi connectivity index (χ2n) is 8.47. The molecule has 1 aliphatic rings. The van der Waals surface area contributed by atoms with Crippen molar-refractivity contribution in [2.45, 2.75) is 51.4 Å². The number of hydrogen-bond acceptors (Lipinski definition) is 1. The normalized spacial score (nSPS) is 17.4. The van der Waals surface area contributed by atoms with Crippen LogP contribution in [-0.4, -0.2) is 4.98 Å². The van der Waals surface area contributed by atoms with Crippen LogP contribution in [0.15, 0.2) is 47.1 Å². The van der Waals surface area contributed by atoms with Gasteiger partial charge in [0.05, 0.1) is 0 Å². The predicted octanol–water partition coefficient (Wildman–Crippen LogP) is 6.81. The number of rotatable bonds is 1. The molecule has 0 atom stereocenters. The van der Waals surface area contributed by atoms with Crippen molar-refractivity contribution in [3.8, 4) is 11.3 Å². The standard InChI is InChI=1S/C23H23BrN.Ir/c1-22(2)9-10-23(3,4)20-14-18-15(13-19(20)22)8-11-25-21(18)16-6-5-7-17(24)12-16;/h5,7-8,11-14H,9-10H2,1-4H3;/q-1;. The van der Waals surface area contributed by atoms with Crippen LogP contribution in [0.3, 0.4) is 0 Å². The van der Waals surface area contributed by atoms with Crippen LogP contribution in [0.5, 0.6) is 0 Å². The van der Waals surface area contributed by atoms with E-state index in [1.807, 2.05) is 18.3 Å². The summed E-state index contributed by atoms with van der Waals surface area (Å²) in [6.45, 7) is 9.48. The summed E-state index contributed by atoms with van der Waals surface area (Å²) in [6.07, 6.45) is 4.37. The van der Waals surface area contributed by atoms with Crippen LogP contribution in [0.4, 0.5) is 0 Å². The minimum Gasteiger partial charge on any atom is -0.304 e. The zero-order chi connectivity index (χ0) is 17.8. The number of benzene rings is 2. The summed E-state index contributed by atoms with van der Waals surface area (Å²) in [5.41, 5.74) is 5.44. The van der Waals surface area contributed by atoms with Crippen molar-refractivity contribution in [3.63, 3.8) is 0 Å². The molecule has 0 aliphatic heterocycles. The van der Waals surface area contributed by atoms with Gasteiger partial charge >= 0.3 is 0 Å². The molecule has 1 aliphatic carbocycles. The first kappa shape index (κ1) is 19.7. The van der Waals surface area contributed by atoms with Crippen molar-refractivity contribution < 1.29 is 20.1 Å². The second-order valence-corrected chi connectivity index (χ2v) is 9.38. The monoisotopic (exact) mass is 585 g/mol. The molecule has 0 saturated carbocycles. The Morgan fingerprint density at radius 2 is 1.62 bits per heavy atom. The summed E-state index contributed by atoms with van der Waals surface area (Å²) in [6, 6.07) is 16.3. The van der Waals surface area contributed by atoms with Crippen LogP contribution < -0.4 is 0 Å². The summed E-state index contributed by atoms with van der Waals surface area (Å²) in [7, 11) is 0. The Bertz CT molecular complexity index is 975. The molecule has 0 fully saturated rings. The van der Waals surface area contributed by atoms with Gasteiger partial charge in [0, 0.05) is 26.3 Å². The van der Waals surface area contributed by atoms with Crippen LogP contribution >= 0.6 is 15.9 Å². The maximum atomic E-state index is 4.70. The summed E-state index contributed by atoms with van der Waals surface area (Å²) >= 11 is 3.57. The summed E-state index contributed by atoms with van der Waals surface area (Å²) in [4.78, 5) is 4.70. The first-order valence-electron chi connectivity index (χ1n) is 8.89. The molecule has 1 radical (unpaired) electrons. The molecule has 137 valence electrons. The predicted molar refractivity (Wildman–Crippen MR) is 109 cm³/mol. The topological polar surface area (TPSA) is 12.9 Å². The summed E-state index contributed by atoms with van der Waals surface area (Å²) < 4.78 is 1.06. The Labute approximate surface area is 178 Å². The van der Waals surface area contributed by atoms with Gasteiger partial charge < -0.3 is 4.98 Å². The largest absolute Gasteiger partial charge is 0.304 e. The van der Waals surface area contributed by atoms with Crippen LogP contribution in [0, 0.1) is 6.07 Å². The molecule has 1 aromatic heterocycles. The van der Waals surface area contributed by atoms with Crippen LogP contribution in [0.2, 0.25) is 0 Å². The minimum atomic E-state index is 0. The molecule has 0 amide bonds. The Morgan fingerprint density at radius 1 is 0.962 bits per heavy atom. The van der Waals surface area contributed by atoms with E-state index in [0.717, 1.165) is 15.7 Å². The van der Waals surface area contributed by atoms with E-state index < -0.39 is 0 Å². The molecule has 0 saturated heterocycles. The van der Waals surface area contributed by atoms with Gasteiger partial charge in [0.1, 0.15) is 0 Å². The molecule has 4 rings (SSSR count). The molecule has 0 bridgehead atoms. The van der Waals surface area contributed by atoms with E-state index in [0.29, 0.717) is 0 Å². The third-order valence-electron chi connectivity index (χ3n) is 5.75. The summed E-state index contributed by atoms with van der Waals surface area (Å²) in [5.74, 6) is 0. The quantitative estimate of drug-likeness (QED) is 0.286. The number of halogens is 1. The maximum Gasteiger partial charge on any atom is 0.0167 e. The maximum absolute atomic E-state index is 4.70. The molecule has 0 spiro atoms.